The maximum atomic E-state index is 13.0. The molecule has 4 rings (SSSR count). The average molecular weight is 473 g/mol. The molecule has 2 fully saturated rings. The van der Waals surface area contributed by atoms with Gasteiger partial charge in [-0.2, -0.15) is 9.97 Å². The molecule has 2 N–H and O–H groups in total. The first kappa shape index (κ1) is 23.6. The minimum Gasteiger partial charge on any atom is -0.378 e. The Bertz CT molecular complexity index is 898. The van der Waals surface area contributed by atoms with E-state index in [1.807, 2.05) is 12.1 Å². The highest BCUT2D eigenvalue weighted by Crippen LogP contribution is 2.24. The molecule has 3 heterocycles. The molecule has 0 saturated carbocycles. The van der Waals surface area contributed by atoms with Gasteiger partial charge in [0.1, 0.15) is 17.5 Å². The Kier molecular flexibility index (Phi) is 8.65. The molecule has 178 valence electrons. The van der Waals surface area contributed by atoms with Gasteiger partial charge in [0.25, 0.3) is 0 Å². The molecule has 33 heavy (non-hydrogen) atoms. The Hall–Kier alpha value is -2.52. The summed E-state index contributed by atoms with van der Waals surface area (Å²) < 4.78 is 18.6. The SMILES string of the molecule is Fc1ccc(CCCNC(=S)Nc2nc(N3CCCCCC3)cc(N3CCOCC3)n2)cc1. The number of benzene rings is 1. The number of morpholine rings is 1. The van der Waals surface area contributed by atoms with Crippen LogP contribution in [0.25, 0.3) is 0 Å². The topological polar surface area (TPSA) is 65.6 Å². The second-order valence-corrected chi connectivity index (χ2v) is 8.93. The summed E-state index contributed by atoms with van der Waals surface area (Å²) in [5, 5.41) is 6.94. The number of nitrogens with zero attached hydrogens (tertiary/aromatic N) is 4. The summed E-state index contributed by atoms with van der Waals surface area (Å²) in [7, 11) is 0. The van der Waals surface area contributed by atoms with Gasteiger partial charge >= 0.3 is 0 Å². The highest BCUT2D eigenvalue weighted by Gasteiger charge is 2.19. The summed E-state index contributed by atoms with van der Waals surface area (Å²) >= 11 is 5.51. The Labute approximate surface area is 200 Å². The number of aromatic nitrogens is 2. The van der Waals surface area contributed by atoms with Crippen molar-refractivity contribution in [3.63, 3.8) is 0 Å². The third kappa shape index (κ3) is 7.23. The molecule has 2 aliphatic rings. The molecule has 0 radical (unpaired) electrons. The van der Waals surface area contributed by atoms with Gasteiger partial charge in [-0.3, -0.25) is 0 Å². The predicted molar refractivity (Wildman–Crippen MR) is 135 cm³/mol. The molecule has 9 heteroatoms. The first-order valence-electron chi connectivity index (χ1n) is 11.9. The van der Waals surface area contributed by atoms with Crippen LogP contribution >= 0.6 is 12.2 Å². The van der Waals surface area contributed by atoms with Crippen LogP contribution in [0.15, 0.2) is 30.3 Å². The lowest BCUT2D eigenvalue weighted by Crippen LogP contribution is -2.37. The summed E-state index contributed by atoms with van der Waals surface area (Å²) in [6.45, 7) is 5.81. The summed E-state index contributed by atoms with van der Waals surface area (Å²) in [6.07, 6.45) is 6.67. The minimum atomic E-state index is -0.207. The van der Waals surface area contributed by atoms with Gasteiger partial charge in [-0.15, -0.1) is 0 Å². The van der Waals surface area contributed by atoms with Crippen LogP contribution in [0.3, 0.4) is 0 Å². The fraction of sp³-hybridized carbons (Fsp3) is 0.542. The second kappa shape index (κ2) is 12.1. The van der Waals surface area contributed by atoms with Crippen molar-refractivity contribution in [3.05, 3.63) is 41.7 Å². The van der Waals surface area contributed by atoms with Gasteiger partial charge < -0.3 is 25.2 Å². The standard InChI is InChI=1S/C24H33FN6OS/c25-20-9-7-19(8-10-20)6-5-11-26-24(33)29-23-27-21(30-12-3-1-2-4-13-30)18-22(28-23)31-14-16-32-17-15-31/h7-10,18H,1-6,11-17H2,(H2,26,27,28,29,33). The van der Waals surface area contributed by atoms with E-state index < -0.39 is 0 Å². The first-order valence-corrected chi connectivity index (χ1v) is 12.3. The Morgan fingerprint density at radius 1 is 0.939 bits per heavy atom. The Morgan fingerprint density at radius 3 is 2.24 bits per heavy atom. The number of hydrogen-bond donors (Lipinski definition) is 2. The van der Waals surface area contributed by atoms with Crippen LogP contribution in [0.5, 0.6) is 0 Å². The fourth-order valence-electron chi connectivity index (χ4n) is 4.19. The van der Waals surface area contributed by atoms with E-state index >= 15 is 0 Å². The van der Waals surface area contributed by atoms with Crippen molar-refractivity contribution in [2.75, 3.05) is 61.1 Å². The van der Waals surface area contributed by atoms with Crippen LogP contribution in [0.1, 0.15) is 37.7 Å². The smallest absolute Gasteiger partial charge is 0.232 e. The molecular formula is C24H33FN6OS. The van der Waals surface area contributed by atoms with Crippen LogP contribution in [0.2, 0.25) is 0 Å². The molecule has 0 bridgehead atoms. The number of halogens is 1. The van der Waals surface area contributed by atoms with E-state index in [1.54, 1.807) is 0 Å². The third-order valence-electron chi connectivity index (χ3n) is 6.03. The molecule has 2 aliphatic heterocycles. The van der Waals surface area contributed by atoms with Gasteiger partial charge in [0.15, 0.2) is 5.11 Å². The number of nitrogens with one attached hydrogen (secondary N) is 2. The molecule has 2 saturated heterocycles. The van der Waals surface area contributed by atoms with Gasteiger partial charge in [0.2, 0.25) is 5.95 Å². The molecule has 0 unspecified atom stereocenters. The van der Waals surface area contributed by atoms with Gasteiger partial charge in [-0.1, -0.05) is 25.0 Å². The predicted octanol–water partition coefficient (Wildman–Crippen LogP) is 3.75. The zero-order valence-corrected chi connectivity index (χ0v) is 19.9. The van der Waals surface area contributed by atoms with Gasteiger partial charge in [0, 0.05) is 38.8 Å². The van der Waals surface area contributed by atoms with E-state index in [9.17, 15) is 4.39 Å². The maximum Gasteiger partial charge on any atom is 0.232 e. The number of aryl methyl sites for hydroxylation is 1. The molecule has 0 spiro atoms. The molecule has 0 atom stereocenters. The zero-order valence-electron chi connectivity index (χ0n) is 19.1. The van der Waals surface area contributed by atoms with Crippen LogP contribution < -0.4 is 20.4 Å². The summed E-state index contributed by atoms with van der Waals surface area (Å²) in [4.78, 5) is 14.2. The molecule has 1 aromatic heterocycles. The number of anilines is 3. The summed E-state index contributed by atoms with van der Waals surface area (Å²) in [5.74, 6) is 2.18. The van der Waals surface area contributed by atoms with Gasteiger partial charge in [0.05, 0.1) is 13.2 Å². The average Bonchev–Trinajstić information content (AvgIpc) is 3.13. The van der Waals surface area contributed by atoms with Crippen molar-refractivity contribution in [1.29, 1.82) is 0 Å². The summed E-state index contributed by atoms with van der Waals surface area (Å²) in [5.41, 5.74) is 1.11. The van der Waals surface area contributed by atoms with Crippen molar-refractivity contribution in [3.8, 4) is 0 Å². The number of hydrogen-bond acceptors (Lipinski definition) is 6. The lowest BCUT2D eigenvalue weighted by molar-refractivity contribution is 0.122. The van der Waals surface area contributed by atoms with Gasteiger partial charge in [-0.25, -0.2) is 4.39 Å². The molecule has 2 aromatic rings. The highest BCUT2D eigenvalue weighted by molar-refractivity contribution is 7.80. The normalized spacial score (nSPS) is 16.9. The number of thiocarbonyl (C=S) groups is 1. The van der Waals surface area contributed by atoms with E-state index in [4.69, 9.17) is 26.9 Å². The van der Waals surface area contributed by atoms with Crippen molar-refractivity contribution in [2.45, 2.75) is 38.5 Å². The van der Waals surface area contributed by atoms with Crippen molar-refractivity contribution >= 4 is 34.9 Å². The molecule has 0 aliphatic carbocycles. The lowest BCUT2D eigenvalue weighted by Gasteiger charge is -2.29. The number of rotatable bonds is 7. The fourth-order valence-corrected chi connectivity index (χ4v) is 4.38. The molecule has 7 nitrogen and oxygen atoms in total. The largest absolute Gasteiger partial charge is 0.378 e. The van der Waals surface area contributed by atoms with E-state index in [0.717, 1.165) is 56.2 Å². The van der Waals surface area contributed by atoms with Crippen molar-refractivity contribution in [1.82, 2.24) is 15.3 Å². The summed E-state index contributed by atoms with van der Waals surface area (Å²) in [6, 6.07) is 8.73. The van der Waals surface area contributed by atoms with Crippen LogP contribution in [-0.2, 0) is 11.2 Å². The van der Waals surface area contributed by atoms with E-state index in [2.05, 4.69) is 26.5 Å². The lowest BCUT2D eigenvalue weighted by atomic mass is 10.1. The van der Waals surface area contributed by atoms with E-state index in [0.29, 0.717) is 30.8 Å². The third-order valence-corrected chi connectivity index (χ3v) is 6.28. The molecule has 0 amide bonds. The van der Waals surface area contributed by atoms with Crippen molar-refractivity contribution < 1.29 is 9.13 Å². The van der Waals surface area contributed by atoms with E-state index in [-0.39, 0.29) is 5.82 Å². The zero-order chi connectivity index (χ0) is 22.9. The van der Waals surface area contributed by atoms with E-state index in [1.165, 1.54) is 37.8 Å². The van der Waals surface area contributed by atoms with Crippen LogP contribution in [-0.4, -0.2) is 61.0 Å². The Morgan fingerprint density at radius 2 is 1.58 bits per heavy atom. The Balaban J connectivity index is 1.37. The molecule has 1 aromatic carbocycles. The molecular weight excluding hydrogens is 439 g/mol. The quantitative estimate of drug-likeness (QED) is 0.467. The van der Waals surface area contributed by atoms with Crippen LogP contribution in [0.4, 0.5) is 22.0 Å². The highest BCUT2D eigenvalue weighted by atomic mass is 32.1. The minimum absolute atomic E-state index is 0.207. The first-order chi connectivity index (χ1) is 16.2. The number of ether oxygens (including phenoxy) is 1. The second-order valence-electron chi connectivity index (χ2n) is 8.52. The van der Waals surface area contributed by atoms with Gasteiger partial charge in [-0.05, 0) is 55.6 Å². The monoisotopic (exact) mass is 472 g/mol. The van der Waals surface area contributed by atoms with Crippen molar-refractivity contribution in [2.24, 2.45) is 0 Å². The maximum absolute atomic E-state index is 13.0. The van der Waals surface area contributed by atoms with Crippen LogP contribution in [0, 0.1) is 5.82 Å².